The number of fused-ring (bicyclic) bond motifs is 1. The molecule has 0 aromatic heterocycles. The molecule has 0 unspecified atom stereocenters. The Labute approximate surface area is 116 Å². The summed E-state index contributed by atoms with van der Waals surface area (Å²) in [4.78, 5) is 36.7. The number of benzene rings is 1. The number of hydrogen-bond donors (Lipinski definition) is 1. The Kier molecular flexibility index (Phi) is 3.04. The highest BCUT2D eigenvalue weighted by Gasteiger charge is 2.37. The van der Waals surface area contributed by atoms with Crippen LogP contribution in [-0.4, -0.2) is 34.3 Å². The van der Waals surface area contributed by atoms with Gasteiger partial charge >= 0.3 is 5.97 Å². The first-order valence-electron chi connectivity index (χ1n) is 6.81. The van der Waals surface area contributed by atoms with Crippen molar-refractivity contribution in [3.8, 4) is 0 Å². The molecule has 0 bridgehead atoms. The van der Waals surface area contributed by atoms with E-state index in [-0.39, 0.29) is 22.9 Å². The summed E-state index contributed by atoms with van der Waals surface area (Å²) in [6.07, 6.45) is 4.40. The molecule has 20 heavy (non-hydrogen) atoms. The van der Waals surface area contributed by atoms with Gasteiger partial charge in [0.25, 0.3) is 11.8 Å². The first-order chi connectivity index (χ1) is 9.58. The van der Waals surface area contributed by atoms with Gasteiger partial charge in [-0.05, 0) is 37.0 Å². The zero-order valence-corrected chi connectivity index (χ0v) is 11.0. The molecular weight excluding hydrogens is 258 g/mol. The molecule has 5 nitrogen and oxygen atoms in total. The minimum absolute atomic E-state index is 0.0348. The van der Waals surface area contributed by atoms with Crippen molar-refractivity contribution in [2.24, 2.45) is 5.92 Å². The highest BCUT2D eigenvalue weighted by Crippen LogP contribution is 2.30. The van der Waals surface area contributed by atoms with Crippen molar-refractivity contribution >= 4 is 17.8 Å². The third-order valence-electron chi connectivity index (χ3n) is 4.13. The van der Waals surface area contributed by atoms with Crippen LogP contribution in [-0.2, 0) is 0 Å². The Balaban J connectivity index is 1.88. The lowest BCUT2D eigenvalue weighted by molar-refractivity contribution is 0.0629. The van der Waals surface area contributed by atoms with Crippen LogP contribution in [0, 0.1) is 5.92 Å². The Morgan fingerprint density at radius 2 is 1.80 bits per heavy atom. The van der Waals surface area contributed by atoms with Gasteiger partial charge in [0.2, 0.25) is 0 Å². The molecule has 1 aliphatic heterocycles. The minimum atomic E-state index is -1.10. The fourth-order valence-electron chi connectivity index (χ4n) is 3.04. The quantitative estimate of drug-likeness (QED) is 0.856. The first kappa shape index (κ1) is 12.8. The average molecular weight is 273 g/mol. The molecule has 1 aromatic rings. The summed E-state index contributed by atoms with van der Waals surface area (Å²) in [5, 5.41) is 8.95. The summed E-state index contributed by atoms with van der Waals surface area (Å²) in [6.45, 7) is 0.453. The average Bonchev–Trinajstić information content (AvgIpc) is 3.02. The van der Waals surface area contributed by atoms with E-state index >= 15 is 0 Å². The van der Waals surface area contributed by atoms with E-state index in [1.807, 2.05) is 0 Å². The molecule has 2 amide bonds. The van der Waals surface area contributed by atoms with Crippen LogP contribution in [0.3, 0.4) is 0 Å². The van der Waals surface area contributed by atoms with Gasteiger partial charge in [0.1, 0.15) is 0 Å². The standard InChI is InChI=1S/C15H15NO4/c17-13-11-6-5-10(15(19)20)7-12(11)14(18)16(13)8-9-3-1-2-4-9/h5-7,9H,1-4,8H2,(H,19,20). The number of carbonyl (C=O) groups excluding carboxylic acids is 2. The molecule has 5 heteroatoms. The summed E-state index contributed by atoms with van der Waals surface area (Å²) in [6, 6.07) is 4.10. The molecule has 1 saturated carbocycles. The summed E-state index contributed by atoms with van der Waals surface area (Å²) in [5.41, 5.74) is 0.568. The molecule has 2 aliphatic rings. The third kappa shape index (κ3) is 1.99. The first-order valence-corrected chi connectivity index (χ1v) is 6.81. The number of nitrogens with zero attached hydrogens (tertiary/aromatic N) is 1. The number of carboxylic acids is 1. The van der Waals surface area contributed by atoms with E-state index in [0.717, 1.165) is 25.7 Å². The lowest BCUT2D eigenvalue weighted by atomic mass is 10.1. The number of rotatable bonds is 3. The van der Waals surface area contributed by atoms with Crippen molar-refractivity contribution in [2.75, 3.05) is 6.54 Å². The van der Waals surface area contributed by atoms with Crippen LogP contribution >= 0.6 is 0 Å². The second-order valence-corrected chi connectivity index (χ2v) is 5.44. The smallest absolute Gasteiger partial charge is 0.335 e. The summed E-state index contributed by atoms with van der Waals surface area (Å²) in [5.74, 6) is -1.37. The van der Waals surface area contributed by atoms with Crippen molar-refractivity contribution in [2.45, 2.75) is 25.7 Å². The minimum Gasteiger partial charge on any atom is -0.478 e. The second-order valence-electron chi connectivity index (χ2n) is 5.44. The molecule has 1 heterocycles. The topological polar surface area (TPSA) is 74.7 Å². The van der Waals surface area contributed by atoms with Gasteiger partial charge in [-0.3, -0.25) is 14.5 Å². The van der Waals surface area contributed by atoms with Crippen molar-refractivity contribution in [1.29, 1.82) is 0 Å². The van der Waals surface area contributed by atoms with Crippen LogP contribution in [0.2, 0.25) is 0 Å². The van der Waals surface area contributed by atoms with Crippen LogP contribution in [0.25, 0.3) is 0 Å². The van der Waals surface area contributed by atoms with Crippen LogP contribution in [0.1, 0.15) is 56.8 Å². The highest BCUT2D eigenvalue weighted by atomic mass is 16.4. The van der Waals surface area contributed by atoms with E-state index in [1.165, 1.54) is 23.1 Å². The van der Waals surface area contributed by atoms with Crippen molar-refractivity contribution in [1.82, 2.24) is 4.90 Å². The zero-order valence-electron chi connectivity index (χ0n) is 11.0. The molecule has 0 atom stereocenters. The Morgan fingerprint density at radius 3 is 2.45 bits per heavy atom. The molecule has 0 radical (unpaired) electrons. The molecule has 0 spiro atoms. The largest absolute Gasteiger partial charge is 0.478 e. The van der Waals surface area contributed by atoms with Gasteiger partial charge in [-0.1, -0.05) is 12.8 Å². The summed E-state index contributed by atoms with van der Waals surface area (Å²) in [7, 11) is 0. The van der Waals surface area contributed by atoms with Gasteiger partial charge in [0, 0.05) is 6.54 Å². The van der Waals surface area contributed by atoms with Crippen molar-refractivity contribution < 1.29 is 19.5 Å². The molecule has 1 aliphatic carbocycles. The third-order valence-corrected chi connectivity index (χ3v) is 4.13. The molecule has 104 valence electrons. The monoisotopic (exact) mass is 273 g/mol. The van der Waals surface area contributed by atoms with E-state index in [4.69, 9.17) is 5.11 Å². The molecule has 3 rings (SSSR count). The zero-order chi connectivity index (χ0) is 14.3. The predicted molar refractivity (Wildman–Crippen MR) is 70.7 cm³/mol. The Bertz CT molecular complexity index is 602. The lowest BCUT2D eigenvalue weighted by Gasteiger charge is -2.18. The van der Waals surface area contributed by atoms with Crippen molar-refractivity contribution in [3.63, 3.8) is 0 Å². The molecule has 1 fully saturated rings. The maximum absolute atomic E-state index is 12.3. The Hall–Kier alpha value is -2.17. The van der Waals surface area contributed by atoms with Gasteiger partial charge in [0.15, 0.2) is 0 Å². The number of aromatic carboxylic acids is 1. The fourth-order valence-corrected chi connectivity index (χ4v) is 3.04. The van der Waals surface area contributed by atoms with E-state index in [0.29, 0.717) is 18.0 Å². The second kappa shape index (κ2) is 4.74. The molecule has 0 saturated heterocycles. The van der Waals surface area contributed by atoms with Crippen LogP contribution in [0.5, 0.6) is 0 Å². The van der Waals surface area contributed by atoms with Gasteiger partial charge in [0.05, 0.1) is 16.7 Å². The molecule has 1 aromatic carbocycles. The Morgan fingerprint density at radius 1 is 1.15 bits per heavy atom. The summed E-state index contributed by atoms with van der Waals surface area (Å²) >= 11 is 0. The van der Waals surface area contributed by atoms with Gasteiger partial charge < -0.3 is 5.11 Å². The molecular formula is C15H15NO4. The molecule has 1 N–H and O–H groups in total. The van der Waals surface area contributed by atoms with E-state index in [2.05, 4.69) is 0 Å². The van der Waals surface area contributed by atoms with Gasteiger partial charge in [-0.25, -0.2) is 4.79 Å². The van der Waals surface area contributed by atoms with Crippen LogP contribution < -0.4 is 0 Å². The highest BCUT2D eigenvalue weighted by molar-refractivity contribution is 6.21. The predicted octanol–water partition coefficient (Wildman–Crippen LogP) is 2.17. The number of hydrogen-bond acceptors (Lipinski definition) is 3. The van der Waals surface area contributed by atoms with Crippen LogP contribution in [0.15, 0.2) is 18.2 Å². The SMILES string of the molecule is O=C(O)c1ccc2c(c1)C(=O)N(CC1CCCC1)C2=O. The normalized spacial score (nSPS) is 18.7. The van der Waals surface area contributed by atoms with Crippen molar-refractivity contribution in [3.05, 3.63) is 34.9 Å². The van der Waals surface area contributed by atoms with Gasteiger partial charge in [-0.15, -0.1) is 0 Å². The van der Waals surface area contributed by atoms with E-state index in [1.54, 1.807) is 0 Å². The van der Waals surface area contributed by atoms with Crippen LogP contribution in [0.4, 0.5) is 0 Å². The van der Waals surface area contributed by atoms with E-state index < -0.39 is 5.97 Å². The summed E-state index contributed by atoms with van der Waals surface area (Å²) < 4.78 is 0. The maximum atomic E-state index is 12.3. The maximum Gasteiger partial charge on any atom is 0.335 e. The van der Waals surface area contributed by atoms with E-state index in [9.17, 15) is 14.4 Å². The number of imide groups is 1. The number of amides is 2. The fraction of sp³-hybridized carbons (Fsp3) is 0.400. The number of carboxylic acid groups (broad SMARTS) is 1. The van der Waals surface area contributed by atoms with Gasteiger partial charge in [-0.2, -0.15) is 0 Å². The number of carbonyl (C=O) groups is 3. The lowest BCUT2D eigenvalue weighted by Crippen LogP contribution is -2.33.